The van der Waals surface area contributed by atoms with Crippen LogP contribution in [0.5, 0.6) is 0 Å². The number of carbonyl (C=O) groups is 1. The van der Waals surface area contributed by atoms with Crippen LogP contribution in [-0.2, 0) is 11.3 Å². The topological polar surface area (TPSA) is 44.1 Å². The fraction of sp³-hybridized carbons (Fsp3) is 0.333. The summed E-state index contributed by atoms with van der Waals surface area (Å²) < 4.78 is 6.54. The van der Waals surface area contributed by atoms with Crippen LogP contribution in [0.4, 0.5) is 0 Å². The van der Waals surface area contributed by atoms with E-state index >= 15 is 0 Å². The predicted molar refractivity (Wildman–Crippen MR) is 48.4 cm³/mol. The van der Waals surface area contributed by atoms with Gasteiger partial charge in [0.15, 0.2) is 5.69 Å². The minimum absolute atomic E-state index is 0.337. The first-order valence-corrected chi connectivity index (χ1v) is 4.07. The summed E-state index contributed by atoms with van der Waals surface area (Å²) >= 11 is 0. The molecule has 4 heteroatoms. The highest BCUT2D eigenvalue weighted by Gasteiger charge is 2.08. The molecule has 70 valence electrons. The number of hydrogen-bond donors (Lipinski definition) is 0. The van der Waals surface area contributed by atoms with E-state index in [4.69, 9.17) is 4.74 Å². The Kier molecular flexibility index (Phi) is 3.25. The molecule has 4 nitrogen and oxygen atoms in total. The van der Waals surface area contributed by atoms with Crippen LogP contribution in [0.25, 0.3) is 0 Å². The minimum Gasteiger partial charge on any atom is -0.461 e. The summed E-state index contributed by atoms with van der Waals surface area (Å²) in [6, 6.07) is 0. The van der Waals surface area contributed by atoms with Crippen molar-refractivity contribution >= 4 is 5.97 Å². The van der Waals surface area contributed by atoms with Gasteiger partial charge in [0, 0.05) is 12.7 Å². The van der Waals surface area contributed by atoms with E-state index in [1.165, 1.54) is 0 Å². The Labute approximate surface area is 76.8 Å². The lowest BCUT2D eigenvalue weighted by molar-refractivity contribution is 0.0520. The molecule has 0 aliphatic heterocycles. The highest BCUT2D eigenvalue weighted by Crippen LogP contribution is 1.98. The highest BCUT2D eigenvalue weighted by molar-refractivity contribution is 5.86. The van der Waals surface area contributed by atoms with Gasteiger partial charge in [0.25, 0.3) is 0 Å². The summed E-state index contributed by atoms with van der Waals surface area (Å²) in [5, 5.41) is 0. The summed E-state index contributed by atoms with van der Waals surface area (Å²) in [5.41, 5.74) is 0.337. The molecule has 1 heterocycles. The van der Waals surface area contributed by atoms with Crippen molar-refractivity contribution in [3.8, 4) is 0 Å². The number of ether oxygens (including phenoxy) is 1. The first-order valence-electron chi connectivity index (χ1n) is 4.07. The molecule has 0 amide bonds. The van der Waals surface area contributed by atoms with Crippen molar-refractivity contribution in [2.45, 2.75) is 13.5 Å². The van der Waals surface area contributed by atoms with Crippen molar-refractivity contribution in [1.82, 2.24) is 9.55 Å². The molecule has 0 bridgehead atoms. The predicted octanol–water partition coefficient (Wildman–Crippen LogP) is 1.25. The van der Waals surface area contributed by atoms with E-state index in [0.717, 1.165) is 0 Å². The SMILES string of the molecule is C=CCn1cnc(C(=O)OCC)c1. The van der Waals surface area contributed by atoms with E-state index in [9.17, 15) is 4.79 Å². The van der Waals surface area contributed by atoms with E-state index in [2.05, 4.69) is 11.6 Å². The van der Waals surface area contributed by atoms with E-state index in [1.54, 1.807) is 30.1 Å². The maximum absolute atomic E-state index is 11.1. The summed E-state index contributed by atoms with van der Waals surface area (Å²) in [7, 11) is 0. The Hall–Kier alpha value is -1.58. The Morgan fingerprint density at radius 3 is 3.23 bits per heavy atom. The second-order valence-electron chi connectivity index (χ2n) is 2.46. The lowest BCUT2D eigenvalue weighted by Gasteiger charge is -1.96. The molecule has 0 unspecified atom stereocenters. The zero-order valence-corrected chi connectivity index (χ0v) is 7.56. The molecule has 0 radical (unpaired) electrons. The van der Waals surface area contributed by atoms with Crippen molar-refractivity contribution in [3.05, 3.63) is 30.9 Å². The fourth-order valence-electron chi connectivity index (χ4n) is 0.919. The average molecular weight is 180 g/mol. The van der Waals surface area contributed by atoms with E-state index < -0.39 is 0 Å². The molecule has 0 aliphatic rings. The third-order valence-electron chi connectivity index (χ3n) is 1.46. The molecular formula is C9H12N2O2. The molecule has 0 atom stereocenters. The molecule has 1 aromatic heterocycles. The highest BCUT2D eigenvalue weighted by atomic mass is 16.5. The Morgan fingerprint density at radius 2 is 2.62 bits per heavy atom. The molecule has 0 fully saturated rings. The number of hydrogen-bond acceptors (Lipinski definition) is 3. The average Bonchev–Trinajstić information content (AvgIpc) is 2.54. The normalized spacial score (nSPS) is 9.62. The van der Waals surface area contributed by atoms with Crippen molar-refractivity contribution in [1.29, 1.82) is 0 Å². The second kappa shape index (κ2) is 4.45. The van der Waals surface area contributed by atoms with Crippen LogP contribution in [0.1, 0.15) is 17.4 Å². The lowest BCUT2D eigenvalue weighted by atomic mass is 10.5. The van der Waals surface area contributed by atoms with Crippen LogP contribution < -0.4 is 0 Å². The van der Waals surface area contributed by atoms with Crippen molar-refractivity contribution < 1.29 is 9.53 Å². The maximum atomic E-state index is 11.1. The van der Waals surface area contributed by atoms with E-state index in [1.807, 2.05) is 0 Å². The van der Waals surface area contributed by atoms with Gasteiger partial charge in [-0.2, -0.15) is 0 Å². The molecule has 0 N–H and O–H groups in total. The molecule has 0 saturated carbocycles. The fourth-order valence-corrected chi connectivity index (χ4v) is 0.919. The molecule has 0 aliphatic carbocycles. The quantitative estimate of drug-likeness (QED) is 0.517. The van der Waals surface area contributed by atoms with Crippen LogP contribution >= 0.6 is 0 Å². The zero-order chi connectivity index (χ0) is 9.68. The number of rotatable bonds is 4. The van der Waals surface area contributed by atoms with Gasteiger partial charge < -0.3 is 9.30 Å². The number of aromatic nitrogens is 2. The summed E-state index contributed by atoms with van der Waals surface area (Å²) in [6.07, 6.45) is 4.95. The molecule has 1 rings (SSSR count). The van der Waals surface area contributed by atoms with Gasteiger partial charge in [0.1, 0.15) is 0 Å². The zero-order valence-electron chi connectivity index (χ0n) is 7.56. The molecule has 1 aromatic rings. The molecule has 0 aromatic carbocycles. The van der Waals surface area contributed by atoms with Gasteiger partial charge >= 0.3 is 5.97 Å². The van der Waals surface area contributed by atoms with Crippen LogP contribution in [0, 0.1) is 0 Å². The van der Waals surface area contributed by atoms with Gasteiger partial charge in [-0.3, -0.25) is 0 Å². The number of esters is 1. The summed E-state index contributed by atoms with van der Waals surface area (Å²) in [6.45, 7) is 6.36. The van der Waals surface area contributed by atoms with Gasteiger partial charge in [0.05, 0.1) is 12.9 Å². The Morgan fingerprint density at radius 1 is 1.85 bits per heavy atom. The molecule has 0 spiro atoms. The molecule has 0 saturated heterocycles. The van der Waals surface area contributed by atoms with Gasteiger partial charge in [-0.1, -0.05) is 6.08 Å². The number of imidazole rings is 1. The van der Waals surface area contributed by atoms with Crippen LogP contribution in [0.3, 0.4) is 0 Å². The standard InChI is InChI=1S/C9H12N2O2/c1-3-5-11-6-8(10-7-11)9(12)13-4-2/h3,6-7H,1,4-5H2,2H3. The molecular weight excluding hydrogens is 168 g/mol. The van der Waals surface area contributed by atoms with E-state index in [0.29, 0.717) is 18.8 Å². The lowest BCUT2D eigenvalue weighted by Crippen LogP contribution is -2.04. The first-order chi connectivity index (χ1) is 6.27. The van der Waals surface area contributed by atoms with Crippen molar-refractivity contribution in [2.24, 2.45) is 0 Å². The van der Waals surface area contributed by atoms with Gasteiger partial charge in [-0.15, -0.1) is 6.58 Å². The largest absolute Gasteiger partial charge is 0.461 e. The third-order valence-corrected chi connectivity index (χ3v) is 1.46. The summed E-state index contributed by atoms with van der Waals surface area (Å²) in [5.74, 6) is -0.384. The number of nitrogens with zero attached hydrogens (tertiary/aromatic N) is 2. The molecule has 13 heavy (non-hydrogen) atoms. The first kappa shape index (κ1) is 9.51. The third kappa shape index (κ3) is 2.43. The summed E-state index contributed by atoms with van der Waals surface area (Å²) in [4.78, 5) is 15.0. The Balaban J connectivity index is 2.67. The second-order valence-corrected chi connectivity index (χ2v) is 2.46. The smallest absolute Gasteiger partial charge is 0.358 e. The van der Waals surface area contributed by atoms with Crippen LogP contribution in [-0.4, -0.2) is 22.1 Å². The van der Waals surface area contributed by atoms with Crippen molar-refractivity contribution in [2.75, 3.05) is 6.61 Å². The van der Waals surface area contributed by atoms with Gasteiger partial charge in [-0.25, -0.2) is 9.78 Å². The minimum atomic E-state index is -0.384. The maximum Gasteiger partial charge on any atom is 0.358 e. The van der Waals surface area contributed by atoms with Crippen molar-refractivity contribution in [3.63, 3.8) is 0 Å². The Bertz CT molecular complexity index is 304. The van der Waals surface area contributed by atoms with Crippen LogP contribution in [0.2, 0.25) is 0 Å². The van der Waals surface area contributed by atoms with Gasteiger partial charge in [0.2, 0.25) is 0 Å². The monoisotopic (exact) mass is 180 g/mol. The van der Waals surface area contributed by atoms with Gasteiger partial charge in [-0.05, 0) is 6.92 Å². The van der Waals surface area contributed by atoms with Crippen LogP contribution in [0.15, 0.2) is 25.2 Å². The number of allylic oxidation sites excluding steroid dienone is 1. The number of carbonyl (C=O) groups excluding carboxylic acids is 1. The van der Waals surface area contributed by atoms with E-state index in [-0.39, 0.29) is 5.97 Å².